The molecule has 0 radical (unpaired) electrons. The number of aliphatic hydroxyl groups excluding tert-OH is 7. The maximum Gasteiger partial charge on any atom is 0.306 e. The van der Waals surface area contributed by atoms with Crippen LogP contribution >= 0.6 is 0 Å². The van der Waals surface area contributed by atoms with Gasteiger partial charge in [0.1, 0.15) is 54.9 Å². The van der Waals surface area contributed by atoms with Crippen LogP contribution in [0.1, 0.15) is 129 Å². The number of rotatable bonds is 37. The van der Waals surface area contributed by atoms with Crippen LogP contribution in [0.25, 0.3) is 0 Å². The Bertz CT molecular complexity index is 1470. The standard InChI is InChI=1S/C53H86O14/c1-3-5-7-9-11-13-15-17-19-20-21-23-25-27-29-31-33-35-37-62-39-42(65-45(55)36-34-32-30-28-26-24-22-18-16-14-12-10-8-6-4-2)40-63-52-51(61)49(59)47(57)44(67-52)41-64-53-50(60)48(58)46(56)43(38-54)66-53/h5-8,11-14,17-19,21-23,26,28,42-44,46-54,56-61H,3-4,9-10,15-16,20,24-25,27,29-41H2,1-2H3/b7-5-,8-6-,13-11-,14-12-,19-17-,22-18-,23-21-,28-26-. The molecule has 382 valence electrons. The van der Waals surface area contributed by atoms with E-state index in [1.165, 1.54) is 0 Å². The van der Waals surface area contributed by atoms with Crippen molar-refractivity contribution in [3.63, 3.8) is 0 Å². The third-order valence-electron chi connectivity index (χ3n) is 11.1. The van der Waals surface area contributed by atoms with Crippen LogP contribution in [0.2, 0.25) is 0 Å². The summed E-state index contributed by atoms with van der Waals surface area (Å²) in [5, 5.41) is 72.1. The molecule has 2 aliphatic heterocycles. The molecule has 0 aliphatic carbocycles. The highest BCUT2D eigenvalue weighted by atomic mass is 16.7. The maximum absolute atomic E-state index is 13.0. The highest BCUT2D eigenvalue weighted by molar-refractivity contribution is 5.69. The molecule has 0 aromatic rings. The highest BCUT2D eigenvalue weighted by Gasteiger charge is 2.47. The van der Waals surface area contributed by atoms with Gasteiger partial charge in [0.05, 0.1) is 26.4 Å². The van der Waals surface area contributed by atoms with Gasteiger partial charge in [0.25, 0.3) is 0 Å². The van der Waals surface area contributed by atoms with E-state index in [-0.39, 0.29) is 19.6 Å². The zero-order valence-electron chi connectivity index (χ0n) is 40.3. The van der Waals surface area contributed by atoms with Crippen molar-refractivity contribution >= 4 is 5.97 Å². The molecule has 2 rings (SSSR count). The van der Waals surface area contributed by atoms with Gasteiger partial charge in [-0.2, -0.15) is 0 Å². The van der Waals surface area contributed by atoms with Crippen molar-refractivity contribution in [2.24, 2.45) is 0 Å². The van der Waals surface area contributed by atoms with E-state index in [4.69, 9.17) is 28.4 Å². The van der Waals surface area contributed by atoms with Gasteiger partial charge in [0.15, 0.2) is 12.6 Å². The fourth-order valence-electron chi connectivity index (χ4n) is 7.09. The Labute approximate surface area is 401 Å². The van der Waals surface area contributed by atoms with Gasteiger partial charge >= 0.3 is 5.97 Å². The molecule has 0 saturated carbocycles. The van der Waals surface area contributed by atoms with Crippen molar-refractivity contribution in [3.05, 3.63) is 97.2 Å². The van der Waals surface area contributed by atoms with Crippen molar-refractivity contribution in [1.29, 1.82) is 0 Å². The second-order valence-electron chi connectivity index (χ2n) is 16.9. The fourth-order valence-corrected chi connectivity index (χ4v) is 7.09. The summed E-state index contributed by atoms with van der Waals surface area (Å²) in [7, 11) is 0. The van der Waals surface area contributed by atoms with Crippen LogP contribution in [0.15, 0.2) is 97.2 Å². The number of hydrogen-bond donors (Lipinski definition) is 7. The van der Waals surface area contributed by atoms with Gasteiger partial charge < -0.3 is 64.2 Å². The van der Waals surface area contributed by atoms with Crippen LogP contribution in [0.5, 0.6) is 0 Å². The van der Waals surface area contributed by atoms with Gasteiger partial charge in [0.2, 0.25) is 0 Å². The van der Waals surface area contributed by atoms with Crippen molar-refractivity contribution in [2.45, 2.75) is 197 Å². The van der Waals surface area contributed by atoms with Crippen molar-refractivity contribution < 1.29 is 69.0 Å². The van der Waals surface area contributed by atoms with Crippen LogP contribution in [0, 0.1) is 0 Å². The lowest BCUT2D eigenvalue weighted by molar-refractivity contribution is -0.332. The molecular weight excluding hydrogens is 861 g/mol. The Kier molecular flexibility index (Phi) is 35.6. The normalized spacial score (nSPS) is 26.9. The van der Waals surface area contributed by atoms with Crippen LogP contribution in [-0.2, 0) is 33.2 Å². The van der Waals surface area contributed by atoms with Crippen molar-refractivity contribution in [3.8, 4) is 0 Å². The minimum absolute atomic E-state index is 0.0250. The third kappa shape index (κ3) is 27.6. The second kappa shape index (κ2) is 39.7. The number of hydrogen-bond acceptors (Lipinski definition) is 14. The number of unbranched alkanes of at least 4 members (excludes halogenated alkanes) is 7. The summed E-state index contributed by atoms with van der Waals surface area (Å²) in [6, 6.07) is 0. The number of carbonyl (C=O) groups is 1. The zero-order valence-corrected chi connectivity index (χ0v) is 40.3. The third-order valence-corrected chi connectivity index (χ3v) is 11.1. The molecule has 0 bridgehead atoms. The second-order valence-corrected chi connectivity index (χ2v) is 16.9. The molecule has 0 aromatic carbocycles. The zero-order chi connectivity index (χ0) is 48.7. The molecule has 11 atom stereocenters. The summed E-state index contributed by atoms with van der Waals surface area (Å²) >= 11 is 0. The molecule has 2 aliphatic rings. The lowest BCUT2D eigenvalue weighted by atomic mass is 9.98. The number of allylic oxidation sites excluding steroid dienone is 16. The fraction of sp³-hybridized carbons (Fsp3) is 0.679. The van der Waals surface area contributed by atoms with E-state index < -0.39 is 86.7 Å². The van der Waals surface area contributed by atoms with E-state index in [2.05, 4.69) is 111 Å². The maximum atomic E-state index is 13.0. The Morgan fingerprint density at radius 3 is 1.45 bits per heavy atom. The molecule has 2 fully saturated rings. The Balaban J connectivity index is 1.81. The molecule has 67 heavy (non-hydrogen) atoms. The van der Waals surface area contributed by atoms with Gasteiger partial charge in [-0.3, -0.25) is 4.79 Å². The number of aliphatic hydroxyl groups is 7. The predicted octanol–water partition coefficient (Wildman–Crippen LogP) is 7.07. The van der Waals surface area contributed by atoms with Gasteiger partial charge in [-0.1, -0.05) is 130 Å². The highest BCUT2D eigenvalue weighted by Crippen LogP contribution is 2.26. The molecule has 14 heteroatoms. The average Bonchev–Trinajstić information content (AvgIpc) is 3.32. The van der Waals surface area contributed by atoms with Crippen LogP contribution in [0.3, 0.4) is 0 Å². The summed E-state index contributed by atoms with van der Waals surface area (Å²) < 4.78 is 34.2. The van der Waals surface area contributed by atoms with Crippen LogP contribution in [0.4, 0.5) is 0 Å². The molecule has 0 spiro atoms. The van der Waals surface area contributed by atoms with E-state index >= 15 is 0 Å². The first-order valence-corrected chi connectivity index (χ1v) is 24.8. The molecule has 7 N–H and O–H groups in total. The minimum Gasteiger partial charge on any atom is -0.457 e. The van der Waals surface area contributed by atoms with Gasteiger partial charge in [-0.05, 0) is 89.9 Å². The summed E-state index contributed by atoms with van der Waals surface area (Å²) in [6.07, 6.45) is 34.7. The number of carbonyl (C=O) groups excluding carboxylic acids is 1. The monoisotopic (exact) mass is 947 g/mol. The summed E-state index contributed by atoms with van der Waals surface area (Å²) in [5.74, 6) is -0.429. The van der Waals surface area contributed by atoms with E-state index in [0.29, 0.717) is 13.0 Å². The first-order valence-electron chi connectivity index (χ1n) is 24.8. The molecule has 14 nitrogen and oxygen atoms in total. The number of ether oxygens (including phenoxy) is 6. The van der Waals surface area contributed by atoms with E-state index in [9.17, 15) is 40.5 Å². The molecule has 2 heterocycles. The summed E-state index contributed by atoms with van der Waals surface area (Å²) in [6.45, 7) is 3.32. The smallest absolute Gasteiger partial charge is 0.306 e. The lowest BCUT2D eigenvalue weighted by Gasteiger charge is -2.42. The largest absolute Gasteiger partial charge is 0.457 e. The molecular formula is C53H86O14. The molecule has 0 amide bonds. The average molecular weight is 947 g/mol. The number of esters is 1. The first kappa shape index (κ1) is 60.0. The molecule has 0 aromatic heterocycles. The lowest BCUT2D eigenvalue weighted by Crippen LogP contribution is -2.61. The molecule has 11 unspecified atom stereocenters. The molecule has 2 saturated heterocycles. The Morgan fingerprint density at radius 1 is 0.493 bits per heavy atom. The van der Waals surface area contributed by atoms with Crippen molar-refractivity contribution in [2.75, 3.05) is 33.0 Å². The SMILES string of the molecule is CC/C=C\C/C=C\C/C=C\C/C=C\CCCCCCCOCC(COC1OC(COC2OC(CO)C(O)C(O)C2O)C(O)C(O)C1O)OC(=O)CCCC/C=C\C/C=C\C/C=C\C/C=C\CC. The predicted molar refractivity (Wildman–Crippen MR) is 261 cm³/mol. The van der Waals surface area contributed by atoms with Gasteiger partial charge in [-0.25, -0.2) is 0 Å². The quantitative estimate of drug-likeness (QED) is 0.0189. The summed E-state index contributed by atoms with van der Waals surface area (Å²) in [5.41, 5.74) is 0. The Hall–Kier alpha value is -3.09. The minimum atomic E-state index is -1.72. The van der Waals surface area contributed by atoms with Crippen LogP contribution in [-0.4, -0.2) is 142 Å². The van der Waals surface area contributed by atoms with Gasteiger partial charge in [0, 0.05) is 13.0 Å². The van der Waals surface area contributed by atoms with E-state index in [1.54, 1.807) is 0 Å². The van der Waals surface area contributed by atoms with E-state index in [0.717, 1.165) is 103 Å². The van der Waals surface area contributed by atoms with E-state index in [1.807, 2.05) is 0 Å². The van der Waals surface area contributed by atoms with Crippen molar-refractivity contribution in [1.82, 2.24) is 0 Å². The van der Waals surface area contributed by atoms with Gasteiger partial charge in [-0.15, -0.1) is 0 Å². The van der Waals surface area contributed by atoms with Crippen LogP contribution < -0.4 is 0 Å². The Morgan fingerprint density at radius 2 is 0.925 bits per heavy atom. The topological polar surface area (TPSA) is 214 Å². The summed E-state index contributed by atoms with van der Waals surface area (Å²) in [4.78, 5) is 13.0. The first-order chi connectivity index (χ1) is 32.6.